The van der Waals surface area contributed by atoms with E-state index in [0.717, 1.165) is 25.1 Å². The number of benzene rings is 1. The Hall–Kier alpha value is -2.34. The van der Waals surface area contributed by atoms with Crippen molar-refractivity contribution in [3.05, 3.63) is 48.0 Å². The lowest BCUT2D eigenvalue weighted by Gasteiger charge is -2.32. The van der Waals surface area contributed by atoms with Crippen LogP contribution in [0.1, 0.15) is 24.5 Å². The molecular formula is C18H20FN3O2. The second-order valence-corrected chi connectivity index (χ2v) is 5.93. The van der Waals surface area contributed by atoms with Crippen LogP contribution in [0.25, 0.3) is 11.4 Å². The van der Waals surface area contributed by atoms with Crippen molar-refractivity contribution in [3.63, 3.8) is 0 Å². The minimum absolute atomic E-state index is 0.00149. The van der Waals surface area contributed by atoms with Crippen LogP contribution in [-0.2, 0) is 9.53 Å². The van der Waals surface area contributed by atoms with Crippen LogP contribution in [-0.4, -0.2) is 47.6 Å². The molecule has 24 heavy (non-hydrogen) atoms. The van der Waals surface area contributed by atoms with Crippen LogP contribution in [0.4, 0.5) is 4.39 Å². The minimum atomic E-state index is -0.310. The number of rotatable bonds is 4. The third kappa shape index (κ3) is 3.76. The Morgan fingerprint density at radius 3 is 3.08 bits per heavy atom. The highest BCUT2D eigenvalue weighted by molar-refractivity contribution is 5.77. The van der Waals surface area contributed by atoms with Crippen LogP contribution in [0.5, 0.6) is 0 Å². The van der Waals surface area contributed by atoms with Crippen LogP contribution in [0.15, 0.2) is 36.5 Å². The van der Waals surface area contributed by atoms with Crippen molar-refractivity contribution >= 4 is 5.91 Å². The largest absolute Gasteiger partial charge is 0.375 e. The molecule has 1 aliphatic heterocycles. The van der Waals surface area contributed by atoms with Gasteiger partial charge < -0.3 is 9.64 Å². The lowest BCUT2D eigenvalue weighted by molar-refractivity contribution is -0.136. The summed E-state index contributed by atoms with van der Waals surface area (Å²) in [5.74, 6) is 0.360. The molecule has 0 N–H and O–H groups in total. The van der Waals surface area contributed by atoms with Crippen molar-refractivity contribution in [2.75, 3.05) is 26.8 Å². The van der Waals surface area contributed by atoms with Gasteiger partial charge in [-0.15, -0.1) is 0 Å². The van der Waals surface area contributed by atoms with E-state index in [1.54, 1.807) is 18.3 Å². The van der Waals surface area contributed by atoms with Crippen LogP contribution >= 0.6 is 0 Å². The molecule has 0 spiro atoms. The van der Waals surface area contributed by atoms with Gasteiger partial charge in [0.15, 0.2) is 5.82 Å². The molecule has 2 aromatic rings. The molecule has 1 fully saturated rings. The van der Waals surface area contributed by atoms with Gasteiger partial charge in [0, 0.05) is 43.6 Å². The monoisotopic (exact) mass is 329 g/mol. The Morgan fingerprint density at radius 2 is 2.29 bits per heavy atom. The van der Waals surface area contributed by atoms with Gasteiger partial charge in [-0.1, -0.05) is 12.1 Å². The van der Waals surface area contributed by atoms with Gasteiger partial charge in [0.05, 0.1) is 0 Å². The van der Waals surface area contributed by atoms with E-state index >= 15 is 0 Å². The van der Waals surface area contributed by atoms with E-state index in [-0.39, 0.29) is 24.2 Å². The van der Waals surface area contributed by atoms with Crippen molar-refractivity contribution in [2.45, 2.75) is 18.8 Å². The fourth-order valence-electron chi connectivity index (χ4n) is 3.03. The van der Waals surface area contributed by atoms with Gasteiger partial charge in [0.1, 0.15) is 12.4 Å². The number of hydrogen-bond donors (Lipinski definition) is 0. The van der Waals surface area contributed by atoms with E-state index in [2.05, 4.69) is 9.97 Å². The molecule has 1 atom stereocenters. The van der Waals surface area contributed by atoms with E-state index < -0.39 is 0 Å². The lowest BCUT2D eigenvalue weighted by Crippen LogP contribution is -2.41. The number of likely N-dealkylation sites (tertiary alicyclic amines) is 1. The minimum Gasteiger partial charge on any atom is -0.375 e. The summed E-state index contributed by atoms with van der Waals surface area (Å²) in [6, 6.07) is 8.13. The molecule has 5 nitrogen and oxygen atoms in total. The number of nitrogens with zero attached hydrogens (tertiary/aromatic N) is 3. The van der Waals surface area contributed by atoms with E-state index in [9.17, 15) is 9.18 Å². The van der Waals surface area contributed by atoms with Crippen molar-refractivity contribution < 1.29 is 13.9 Å². The van der Waals surface area contributed by atoms with Gasteiger partial charge in [-0.3, -0.25) is 4.79 Å². The third-order valence-corrected chi connectivity index (χ3v) is 4.22. The second-order valence-electron chi connectivity index (χ2n) is 5.93. The van der Waals surface area contributed by atoms with E-state index in [4.69, 9.17) is 4.74 Å². The zero-order chi connectivity index (χ0) is 16.9. The first-order valence-electron chi connectivity index (χ1n) is 8.03. The molecule has 0 saturated carbocycles. The maximum absolute atomic E-state index is 13.4. The summed E-state index contributed by atoms with van der Waals surface area (Å²) in [6.45, 7) is 1.48. The van der Waals surface area contributed by atoms with E-state index in [1.165, 1.54) is 19.2 Å². The summed E-state index contributed by atoms with van der Waals surface area (Å²) in [5, 5.41) is 0. The van der Waals surface area contributed by atoms with Crippen LogP contribution < -0.4 is 0 Å². The van der Waals surface area contributed by atoms with Crippen molar-refractivity contribution in [2.24, 2.45) is 0 Å². The quantitative estimate of drug-likeness (QED) is 0.865. The van der Waals surface area contributed by atoms with Crippen LogP contribution in [0.2, 0.25) is 0 Å². The van der Waals surface area contributed by atoms with Gasteiger partial charge in [0.2, 0.25) is 5.91 Å². The number of ether oxygens (including phenoxy) is 1. The number of halogens is 1. The van der Waals surface area contributed by atoms with E-state index in [1.807, 2.05) is 11.0 Å². The summed E-state index contributed by atoms with van der Waals surface area (Å²) >= 11 is 0. The first kappa shape index (κ1) is 16.5. The number of carbonyl (C=O) groups excluding carboxylic acids is 1. The van der Waals surface area contributed by atoms with Crippen LogP contribution in [0, 0.1) is 5.82 Å². The highest BCUT2D eigenvalue weighted by Crippen LogP contribution is 2.27. The van der Waals surface area contributed by atoms with Gasteiger partial charge in [-0.2, -0.15) is 0 Å². The zero-order valence-electron chi connectivity index (χ0n) is 13.6. The Balaban J connectivity index is 1.79. The standard InChI is InChI=1S/C18H20FN3O2/c1-24-12-17(23)22-9-3-5-14(11-22)16-7-8-20-18(21-16)13-4-2-6-15(19)10-13/h2,4,6-8,10,14H,3,5,9,11-12H2,1H3/t14-/m0/s1. The fourth-order valence-corrected chi connectivity index (χ4v) is 3.03. The molecule has 1 amide bonds. The maximum Gasteiger partial charge on any atom is 0.248 e. The summed E-state index contributed by atoms with van der Waals surface area (Å²) < 4.78 is 18.3. The lowest BCUT2D eigenvalue weighted by atomic mass is 9.94. The Bertz CT molecular complexity index is 723. The van der Waals surface area contributed by atoms with Crippen molar-refractivity contribution in [1.82, 2.24) is 14.9 Å². The predicted molar refractivity (Wildman–Crippen MR) is 87.9 cm³/mol. The molecule has 1 aromatic carbocycles. The average molecular weight is 329 g/mol. The fraction of sp³-hybridized carbons (Fsp3) is 0.389. The molecular weight excluding hydrogens is 309 g/mol. The molecule has 6 heteroatoms. The Morgan fingerprint density at radius 1 is 1.42 bits per heavy atom. The molecule has 0 unspecified atom stereocenters. The number of piperidine rings is 1. The molecule has 1 aliphatic rings. The maximum atomic E-state index is 13.4. The molecule has 2 heterocycles. The number of carbonyl (C=O) groups is 1. The van der Waals surface area contributed by atoms with Crippen molar-refractivity contribution in [3.8, 4) is 11.4 Å². The summed E-state index contributed by atoms with van der Waals surface area (Å²) in [6.07, 6.45) is 3.59. The number of methoxy groups -OCH3 is 1. The second kappa shape index (κ2) is 7.49. The topological polar surface area (TPSA) is 55.3 Å². The van der Waals surface area contributed by atoms with Crippen LogP contribution in [0.3, 0.4) is 0 Å². The first-order valence-corrected chi connectivity index (χ1v) is 8.03. The molecule has 0 bridgehead atoms. The normalized spacial score (nSPS) is 17.8. The van der Waals surface area contributed by atoms with Gasteiger partial charge in [-0.05, 0) is 31.0 Å². The zero-order valence-corrected chi connectivity index (χ0v) is 13.6. The smallest absolute Gasteiger partial charge is 0.248 e. The summed E-state index contributed by atoms with van der Waals surface area (Å²) in [4.78, 5) is 22.7. The number of hydrogen-bond acceptors (Lipinski definition) is 4. The molecule has 1 aromatic heterocycles. The molecule has 126 valence electrons. The average Bonchev–Trinajstić information content (AvgIpc) is 2.62. The summed E-state index contributed by atoms with van der Waals surface area (Å²) in [7, 11) is 1.52. The van der Waals surface area contributed by atoms with Gasteiger partial charge >= 0.3 is 0 Å². The number of amides is 1. The Kier molecular flexibility index (Phi) is 5.15. The molecule has 0 radical (unpaired) electrons. The summed E-state index contributed by atoms with van der Waals surface area (Å²) in [5.41, 5.74) is 1.54. The SMILES string of the molecule is COCC(=O)N1CCC[C@H](c2ccnc(-c3cccc(F)c3)n2)C1. The highest BCUT2D eigenvalue weighted by atomic mass is 19.1. The van der Waals surface area contributed by atoms with E-state index in [0.29, 0.717) is 17.9 Å². The van der Waals surface area contributed by atoms with Crippen molar-refractivity contribution in [1.29, 1.82) is 0 Å². The third-order valence-electron chi connectivity index (χ3n) is 4.22. The first-order chi connectivity index (χ1) is 11.7. The molecule has 1 saturated heterocycles. The van der Waals surface area contributed by atoms with Gasteiger partial charge in [0.25, 0.3) is 0 Å². The number of aromatic nitrogens is 2. The Labute approximate surface area is 140 Å². The molecule has 0 aliphatic carbocycles. The van der Waals surface area contributed by atoms with Gasteiger partial charge in [-0.25, -0.2) is 14.4 Å². The molecule has 3 rings (SSSR count). The highest BCUT2D eigenvalue weighted by Gasteiger charge is 2.25. The predicted octanol–water partition coefficient (Wildman–Crippen LogP) is 2.64.